The molecule has 0 radical (unpaired) electrons. The second-order valence-electron chi connectivity index (χ2n) is 7.01. The molecule has 126 valence electrons. The summed E-state index contributed by atoms with van der Waals surface area (Å²) in [5.74, 6) is -0.0805. The highest BCUT2D eigenvalue weighted by Crippen LogP contribution is 2.39. The molecule has 1 aromatic rings. The summed E-state index contributed by atoms with van der Waals surface area (Å²) in [5.41, 5.74) is 6.35. The molecule has 0 aromatic heterocycles. The third kappa shape index (κ3) is 3.89. The van der Waals surface area contributed by atoms with E-state index in [1.807, 2.05) is 0 Å². The topological polar surface area (TPSA) is 55.1 Å². The van der Waals surface area contributed by atoms with E-state index < -0.39 is 11.6 Å². The number of rotatable bonds is 4. The Morgan fingerprint density at radius 2 is 1.91 bits per heavy atom. The lowest BCUT2D eigenvalue weighted by Gasteiger charge is -2.45. The molecule has 2 saturated carbocycles. The van der Waals surface area contributed by atoms with Crippen molar-refractivity contribution in [2.45, 2.75) is 57.0 Å². The van der Waals surface area contributed by atoms with E-state index in [0.717, 1.165) is 43.9 Å². The first-order chi connectivity index (χ1) is 11.0. The van der Waals surface area contributed by atoms with Gasteiger partial charge in [-0.3, -0.25) is 4.79 Å². The molecule has 0 heterocycles. The van der Waals surface area contributed by atoms with Gasteiger partial charge in [-0.05, 0) is 67.7 Å². The molecule has 1 amide bonds. The number of hydrogen-bond donors (Lipinski definition) is 2. The van der Waals surface area contributed by atoms with Gasteiger partial charge in [-0.1, -0.05) is 6.42 Å². The molecule has 2 bridgehead atoms. The van der Waals surface area contributed by atoms with E-state index in [-0.39, 0.29) is 36.4 Å². The molecule has 3 rings (SSSR count). The standard InChI is InChI=1S/C18H24F2N2O/c19-14-5-6-16(20)11(8-14)4-7-17(23)22-18-12-2-1-3-13(18)10-15(21)9-12/h5-6,8,12-13,15,18H,1-4,7,9-10,21H2,(H,22,23). The second kappa shape index (κ2) is 6.95. The Labute approximate surface area is 135 Å². The minimum absolute atomic E-state index is 0.0777. The van der Waals surface area contributed by atoms with Crippen molar-refractivity contribution in [3.05, 3.63) is 35.4 Å². The molecule has 0 saturated heterocycles. The molecule has 2 aliphatic rings. The van der Waals surface area contributed by atoms with E-state index in [1.54, 1.807) is 0 Å². The predicted molar refractivity (Wildman–Crippen MR) is 84.7 cm³/mol. The van der Waals surface area contributed by atoms with E-state index in [1.165, 1.54) is 6.42 Å². The minimum Gasteiger partial charge on any atom is -0.353 e. The fourth-order valence-electron chi connectivity index (χ4n) is 4.27. The van der Waals surface area contributed by atoms with Gasteiger partial charge in [-0.25, -0.2) is 8.78 Å². The third-order valence-electron chi connectivity index (χ3n) is 5.33. The van der Waals surface area contributed by atoms with Crippen molar-refractivity contribution in [1.29, 1.82) is 0 Å². The molecule has 2 atom stereocenters. The van der Waals surface area contributed by atoms with Crippen LogP contribution >= 0.6 is 0 Å². The van der Waals surface area contributed by atoms with Gasteiger partial charge in [0.1, 0.15) is 11.6 Å². The molecule has 23 heavy (non-hydrogen) atoms. The third-order valence-corrected chi connectivity index (χ3v) is 5.33. The maximum Gasteiger partial charge on any atom is 0.220 e. The Balaban J connectivity index is 1.56. The fraction of sp³-hybridized carbons (Fsp3) is 0.611. The number of carbonyl (C=O) groups excluding carboxylic acids is 1. The summed E-state index contributed by atoms with van der Waals surface area (Å²) >= 11 is 0. The van der Waals surface area contributed by atoms with Crippen LogP contribution in [0.2, 0.25) is 0 Å². The predicted octanol–water partition coefficient (Wildman–Crippen LogP) is 2.92. The average Bonchev–Trinajstić information content (AvgIpc) is 2.49. The lowest BCUT2D eigenvalue weighted by Crippen LogP contribution is -2.53. The van der Waals surface area contributed by atoms with Crippen LogP contribution in [0.25, 0.3) is 0 Å². The molecule has 1 aromatic carbocycles. The molecule has 0 spiro atoms. The zero-order valence-electron chi connectivity index (χ0n) is 13.2. The monoisotopic (exact) mass is 322 g/mol. The molecule has 5 heteroatoms. The smallest absolute Gasteiger partial charge is 0.220 e. The summed E-state index contributed by atoms with van der Waals surface area (Å²) < 4.78 is 26.8. The van der Waals surface area contributed by atoms with Gasteiger partial charge in [-0.15, -0.1) is 0 Å². The van der Waals surface area contributed by atoms with Gasteiger partial charge >= 0.3 is 0 Å². The highest BCUT2D eigenvalue weighted by Gasteiger charge is 2.39. The van der Waals surface area contributed by atoms with E-state index >= 15 is 0 Å². The SMILES string of the molecule is NC1CC2CCCC(C1)C2NC(=O)CCc1cc(F)ccc1F. The molecular weight excluding hydrogens is 298 g/mol. The van der Waals surface area contributed by atoms with E-state index in [2.05, 4.69) is 5.32 Å². The Morgan fingerprint density at radius 3 is 2.61 bits per heavy atom. The van der Waals surface area contributed by atoms with Gasteiger partial charge in [0.15, 0.2) is 0 Å². The molecular formula is C18H24F2N2O. The van der Waals surface area contributed by atoms with Crippen LogP contribution in [-0.4, -0.2) is 18.0 Å². The van der Waals surface area contributed by atoms with Crippen LogP contribution in [0.4, 0.5) is 8.78 Å². The maximum atomic E-state index is 13.6. The van der Waals surface area contributed by atoms with Gasteiger partial charge in [-0.2, -0.15) is 0 Å². The van der Waals surface area contributed by atoms with E-state index in [0.29, 0.717) is 11.8 Å². The van der Waals surface area contributed by atoms with Gasteiger partial charge in [0, 0.05) is 18.5 Å². The van der Waals surface area contributed by atoms with E-state index in [9.17, 15) is 13.6 Å². The maximum absolute atomic E-state index is 13.6. The zero-order valence-corrected chi connectivity index (χ0v) is 13.2. The van der Waals surface area contributed by atoms with Crippen molar-refractivity contribution in [3.8, 4) is 0 Å². The molecule has 3 N–H and O–H groups in total. The number of amides is 1. The van der Waals surface area contributed by atoms with Crippen LogP contribution in [0.5, 0.6) is 0 Å². The molecule has 2 unspecified atom stereocenters. The van der Waals surface area contributed by atoms with Crippen molar-refractivity contribution in [1.82, 2.24) is 5.32 Å². The number of fused-ring (bicyclic) bond motifs is 2. The number of halogens is 2. The molecule has 2 aliphatic carbocycles. The first-order valence-electron chi connectivity index (χ1n) is 8.52. The number of carbonyl (C=O) groups is 1. The lowest BCUT2D eigenvalue weighted by molar-refractivity contribution is -0.123. The Kier molecular flexibility index (Phi) is 4.95. The Morgan fingerprint density at radius 1 is 1.22 bits per heavy atom. The van der Waals surface area contributed by atoms with E-state index in [4.69, 9.17) is 5.73 Å². The summed E-state index contributed by atoms with van der Waals surface area (Å²) in [6, 6.07) is 3.81. The lowest BCUT2D eigenvalue weighted by atomic mass is 9.67. The summed E-state index contributed by atoms with van der Waals surface area (Å²) in [7, 11) is 0. The zero-order chi connectivity index (χ0) is 16.4. The summed E-state index contributed by atoms with van der Waals surface area (Å²) in [4.78, 5) is 12.2. The largest absolute Gasteiger partial charge is 0.353 e. The van der Waals surface area contributed by atoms with Crippen LogP contribution in [0.1, 0.15) is 44.1 Å². The van der Waals surface area contributed by atoms with Crippen molar-refractivity contribution in [2.24, 2.45) is 17.6 Å². The van der Waals surface area contributed by atoms with Gasteiger partial charge in [0.05, 0.1) is 0 Å². The van der Waals surface area contributed by atoms with Gasteiger partial charge in [0.25, 0.3) is 0 Å². The average molecular weight is 322 g/mol. The number of nitrogens with one attached hydrogen (secondary N) is 1. The fourth-order valence-corrected chi connectivity index (χ4v) is 4.27. The summed E-state index contributed by atoms with van der Waals surface area (Å²) in [6.07, 6.45) is 5.80. The quantitative estimate of drug-likeness (QED) is 0.895. The molecule has 2 fully saturated rings. The van der Waals surface area contributed by atoms with Crippen LogP contribution in [0, 0.1) is 23.5 Å². The van der Waals surface area contributed by atoms with Crippen molar-refractivity contribution in [2.75, 3.05) is 0 Å². The Bertz CT molecular complexity index is 564. The summed E-state index contributed by atoms with van der Waals surface area (Å²) in [5, 5.41) is 3.14. The number of hydrogen-bond acceptors (Lipinski definition) is 2. The Hall–Kier alpha value is -1.49. The van der Waals surface area contributed by atoms with Gasteiger partial charge in [0.2, 0.25) is 5.91 Å². The summed E-state index contributed by atoms with van der Waals surface area (Å²) in [6.45, 7) is 0. The van der Waals surface area contributed by atoms with Crippen molar-refractivity contribution in [3.63, 3.8) is 0 Å². The number of aryl methyl sites for hydroxylation is 1. The minimum atomic E-state index is -0.474. The van der Waals surface area contributed by atoms with Crippen LogP contribution in [0.15, 0.2) is 18.2 Å². The van der Waals surface area contributed by atoms with Crippen LogP contribution in [0.3, 0.4) is 0 Å². The first kappa shape index (κ1) is 16.4. The van der Waals surface area contributed by atoms with Crippen LogP contribution in [-0.2, 0) is 11.2 Å². The first-order valence-corrected chi connectivity index (χ1v) is 8.52. The number of nitrogens with two attached hydrogens (primary N) is 1. The van der Waals surface area contributed by atoms with Gasteiger partial charge < -0.3 is 11.1 Å². The molecule has 0 aliphatic heterocycles. The highest BCUT2D eigenvalue weighted by molar-refractivity contribution is 5.76. The van der Waals surface area contributed by atoms with Crippen molar-refractivity contribution < 1.29 is 13.6 Å². The van der Waals surface area contributed by atoms with Crippen molar-refractivity contribution >= 4 is 5.91 Å². The normalized spacial score (nSPS) is 30.0. The second-order valence-corrected chi connectivity index (χ2v) is 7.01. The number of benzene rings is 1. The van der Waals surface area contributed by atoms with Crippen LogP contribution < -0.4 is 11.1 Å². The molecule has 3 nitrogen and oxygen atoms in total. The highest BCUT2D eigenvalue weighted by atomic mass is 19.1.